The molecule has 0 spiro atoms. The smallest absolute Gasteiger partial charge is 0.272 e. The van der Waals surface area contributed by atoms with Gasteiger partial charge in [-0.2, -0.15) is 13.2 Å². The van der Waals surface area contributed by atoms with E-state index in [1.165, 1.54) is 17.5 Å². The van der Waals surface area contributed by atoms with Crippen LogP contribution in [0.4, 0.5) is 19.0 Å². The van der Waals surface area contributed by atoms with Crippen LogP contribution in [-0.4, -0.2) is 28.1 Å². The predicted molar refractivity (Wildman–Crippen MR) is 72.8 cm³/mol. The van der Waals surface area contributed by atoms with E-state index in [1.807, 2.05) is 0 Å². The van der Waals surface area contributed by atoms with Crippen molar-refractivity contribution >= 4 is 5.82 Å². The summed E-state index contributed by atoms with van der Waals surface area (Å²) >= 11 is 0. The van der Waals surface area contributed by atoms with Gasteiger partial charge >= 0.3 is 6.18 Å². The van der Waals surface area contributed by atoms with Crippen LogP contribution in [0.2, 0.25) is 0 Å². The molecule has 0 saturated carbocycles. The Bertz CT molecular complexity index is 642. The molecule has 1 saturated heterocycles. The standard InChI is InChI=1S/C14H13F3N4O/c15-14(16,17)11-9-12(21-7-1-2-8-22-21)20-13(19-11)10-3-5-18-6-4-10/h3-6,9H,1-2,7-8H2. The van der Waals surface area contributed by atoms with Gasteiger partial charge in [-0.1, -0.05) is 0 Å². The zero-order chi connectivity index (χ0) is 15.6. The van der Waals surface area contributed by atoms with E-state index in [2.05, 4.69) is 15.0 Å². The van der Waals surface area contributed by atoms with Crippen LogP contribution in [0.5, 0.6) is 0 Å². The van der Waals surface area contributed by atoms with Gasteiger partial charge < -0.3 is 0 Å². The highest BCUT2D eigenvalue weighted by Crippen LogP contribution is 2.32. The molecule has 0 atom stereocenters. The van der Waals surface area contributed by atoms with Gasteiger partial charge in [0, 0.05) is 30.6 Å². The van der Waals surface area contributed by atoms with Gasteiger partial charge in [0.2, 0.25) is 0 Å². The first-order chi connectivity index (χ1) is 10.5. The lowest BCUT2D eigenvalue weighted by Gasteiger charge is -2.27. The lowest BCUT2D eigenvalue weighted by molar-refractivity contribution is -0.141. The highest BCUT2D eigenvalue weighted by molar-refractivity contribution is 5.57. The minimum absolute atomic E-state index is 0.00129. The third-order valence-electron chi connectivity index (χ3n) is 3.20. The Morgan fingerprint density at radius 1 is 1.09 bits per heavy atom. The number of rotatable bonds is 2. The first-order valence-corrected chi connectivity index (χ1v) is 6.81. The van der Waals surface area contributed by atoms with Gasteiger partial charge in [-0.3, -0.25) is 9.82 Å². The fourth-order valence-electron chi connectivity index (χ4n) is 2.11. The van der Waals surface area contributed by atoms with Crippen molar-refractivity contribution in [1.29, 1.82) is 0 Å². The summed E-state index contributed by atoms with van der Waals surface area (Å²) in [5.74, 6) is 0.121. The summed E-state index contributed by atoms with van der Waals surface area (Å²) in [7, 11) is 0. The van der Waals surface area contributed by atoms with Gasteiger partial charge in [0.1, 0.15) is 0 Å². The van der Waals surface area contributed by atoms with Gasteiger partial charge in [0.15, 0.2) is 17.3 Å². The molecule has 1 fully saturated rings. The van der Waals surface area contributed by atoms with Crippen LogP contribution in [0.1, 0.15) is 18.5 Å². The summed E-state index contributed by atoms with van der Waals surface area (Å²) in [6.45, 7) is 0.972. The molecule has 0 amide bonds. The predicted octanol–water partition coefficient (Wildman–Crippen LogP) is 3.09. The second-order valence-corrected chi connectivity index (χ2v) is 4.81. The van der Waals surface area contributed by atoms with Crippen molar-refractivity contribution in [2.24, 2.45) is 0 Å². The van der Waals surface area contributed by atoms with E-state index in [0.29, 0.717) is 18.7 Å². The van der Waals surface area contributed by atoms with Crippen LogP contribution in [0.15, 0.2) is 30.6 Å². The molecule has 2 aromatic heterocycles. The number of halogens is 3. The fraction of sp³-hybridized carbons (Fsp3) is 0.357. The van der Waals surface area contributed by atoms with Crippen LogP contribution in [-0.2, 0) is 11.0 Å². The van der Waals surface area contributed by atoms with Crippen molar-refractivity contribution in [3.05, 3.63) is 36.3 Å². The molecule has 0 aromatic carbocycles. The maximum Gasteiger partial charge on any atom is 0.433 e. The van der Waals surface area contributed by atoms with E-state index in [9.17, 15) is 13.2 Å². The summed E-state index contributed by atoms with van der Waals surface area (Å²) < 4.78 is 39.2. The molecule has 2 aromatic rings. The number of pyridine rings is 1. The van der Waals surface area contributed by atoms with Crippen LogP contribution in [0.3, 0.4) is 0 Å². The summed E-state index contributed by atoms with van der Waals surface area (Å²) in [4.78, 5) is 17.1. The van der Waals surface area contributed by atoms with E-state index in [4.69, 9.17) is 4.84 Å². The summed E-state index contributed by atoms with van der Waals surface area (Å²) in [6, 6.07) is 4.04. The minimum Gasteiger partial charge on any atom is -0.272 e. The Hall–Kier alpha value is -2.22. The molecule has 0 unspecified atom stereocenters. The number of hydrogen-bond acceptors (Lipinski definition) is 5. The maximum atomic E-state index is 13.1. The van der Waals surface area contributed by atoms with Crippen molar-refractivity contribution in [2.45, 2.75) is 19.0 Å². The lowest BCUT2D eigenvalue weighted by atomic mass is 10.2. The fourth-order valence-corrected chi connectivity index (χ4v) is 2.11. The molecule has 22 heavy (non-hydrogen) atoms. The van der Waals surface area contributed by atoms with Crippen molar-refractivity contribution < 1.29 is 18.0 Å². The zero-order valence-corrected chi connectivity index (χ0v) is 11.5. The first-order valence-electron chi connectivity index (χ1n) is 6.81. The van der Waals surface area contributed by atoms with Gasteiger partial charge in [-0.15, -0.1) is 0 Å². The van der Waals surface area contributed by atoms with E-state index in [1.54, 1.807) is 12.1 Å². The monoisotopic (exact) mass is 310 g/mol. The topological polar surface area (TPSA) is 51.1 Å². The van der Waals surface area contributed by atoms with Crippen LogP contribution < -0.4 is 5.06 Å². The molecule has 0 radical (unpaired) electrons. The number of alkyl halides is 3. The molecule has 5 nitrogen and oxygen atoms in total. The Morgan fingerprint density at radius 3 is 2.50 bits per heavy atom. The number of hydrogen-bond donors (Lipinski definition) is 0. The lowest BCUT2D eigenvalue weighted by Crippen LogP contribution is -2.31. The Morgan fingerprint density at radius 2 is 1.86 bits per heavy atom. The average Bonchev–Trinajstić information content (AvgIpc) is 2.55. The van der Waals surface area contributed by atoms with Gasteiger partial charge in [-0.05, 0) is 25.0 Å². The van der Waals surface area contributed by atoms with Crippen molar-refractivity contribution in [3.8, 4) is 11.4 Å². The van der Waals surface area contributed by atoms with Crippen molar-refractivity contribution in [3.63, 3.8) is 0 Å². The molecular formula is C14H13F3N4O. The highest BCUT2D eigenvalue weighted by atomic mass is 19.4. The molecule has 116 valence electrons. The third-order valence-corrected chi connectivity index (χ3v) is 3.20. The summed E-state index contributed by atoms with van der Waals surface area (Å²) in [5, 5.41) is 1.39. The van der Waals surface area contributed by atoms with Crippen LogP contribution in [0.25, 0.3) is 11.4 Å². The first kappa shape index (κ1) is 14.7. The quantitative estimate of drug-likeness (QED) is 0.853. The molecule has 0 N–H and O–H groups in total. The number of anilines is 1. The second kappa shape index (κ2) is 5.88. The number of nitrogens with zero attached hydrogens (tertiary/aromatic N) is 4. The molecule has 1 aliphatic rings. The Labute approximate surface area is 124 Å². The zero-order valence-electron chi connectivity index (χ0n) is 11.5. The number of hydroxylamine groups is 1. The van der Waals surface area contributed by atoms with E-state index < -0.39 is 11.9 Å². The molecular weight excluding hydrogens is 297 g/mol. The Kier molecular flexibility index (Phi) is 3.93. The normalized spacial score (nSPS) is 15.9. The SMILES string of the molecule is FC(F)(F)c1cc(N2CCCCO2)nc(-c2ccncc2)n1. The third kappa shape index (κ3) is 3.16. The summed E-state index contributed by atoms with van der Waals surface area (Å²) in [5.41, 5.74) is -0.516. The van der Waals surface area contributed by atoms with Crippen molar-refractivity contribution in [2.75, 3.05) is 18.2 Å². The highest BCUT2D eigenvalue weighted by Gasteiger charge is 2.34. The van der Waals surface area contributed by atoms with Crippen LogP contribution >= 0.6 is 0 Å². The van der Waals surface area contributed by atoms with Gasteiger partial charge in [-0.25, -0.2) is 15.0 Å². The maximum absolute atomic E-state index is 13.1. The Balaban J connectivity index is 2.06. The van der Waals surface area contributed by atoms with Gasteiger partial charge in [0.05, 0.1) is 6.61 Å². The second-order valence-electron chi connectivity index (χ2n) is 4.81. The molecule has 8 heteroatoms. The van der Waals surface area contributed by atoms with E-state index >= 15 is 0 Å². The number of aromatic nitrogens is 3. The molecule has 3 rings (SSSR count). The molecule has 1 aliphatic heterocycles. The van der Waals surface area contributed by atoms with E-state index in [-0.39, 0.29) is 11.6 Å². The average molecular weight is 310 g/mol. The van der Waals surface area contributed by atoms with Crippen molar-refractivity contribution in [1.82, 2.24) is 15.0 Å². The molecule has 0 bridgehead atoms. The van der Waals surface area contributed by atoms with Gasteiger partial charge in [0.25, 0.3) is 0 Å². The molecule has 0 aliphatic carbocycles. The minimum atomic E-state index is -4.55. The molecule has 3 heterocycles. The van der Waals surface area contributed by atoms with Crippen LogP contribution in [0, 0.1) is 0 Å². The largest absolute Gasteiger partial charge is 0.433 e. The summed E-state index contributed by atoms with van der Waals surface area (Å²) in [6.07, 6.45) is 0.141. The van der Waals surface area contributed by atoms with E-state index in [0.717, 1.165) is 18.9 Å².